The highest BCUT2D eigenvalue weighted by molar-refractivity contribution is 5.94. The number of rotatable bonds is 9. The second kappa shape index (κ2) is 9.43. The van der Waals surface area contributed by atoms with Gasteiger partial charge in [0.05, 0.1) is 11.6 Å². The van der Waals surface area contributed by atoms with Crippen molar-refractivity contribution in [2.75, 3.05) is 31.6 Å². The van der Waals surface area contributed by atoms with Crippen molar-refractivity contribution in [3.05, 3.63) is 24.3 Å². The number of para-hydroxylation sites is 2. The average molecular weight is 307 g/mol. The topological polar surface area (TPSA) is 67.6 Å². The van der Waals surface area contributed by atoms with Crippen LogP contribution in [0, 0.1) is 5.92 Å². The van der Waals surface area contributed by atoms with E-state index in [1.165, 1.54) is 0 Å². The van der Waals surface area contributed by atoms with Gasteiger partial charge >= 0.3 is 0 Å². The molecule has 1 rings (SSSR count). The zero-order chi connectivity index (χ0) is 16.5. The molecule has 0 fully saturated rings. The lowest BCUT2D eigenvalue weighted by Crippen LogP contribution is -2.34. The van der Waals surface area contributed by atoms with Gasteiger partial charge in [-0.3, -0.25) is 4.79 Å². The van der Waals surface area contributed by atoms with Crippen molar-refractivity contribution < 1.29 is 9.53 Å². The summed E-state index contributed by atoms with van der Waals surface area (Å²) in [5, 5.41) is 2.90. The van der Waals surface area contributed by atoms with Crippen LogP contribution in [-0.4, -0.2) is 43.1 Å². The number of nitrogens with two attached hydrogens (primary N) is 1. The number of carbonyl (C=O) groups is 1. The molecule has 5 heteroatoms. The van der Waals surface area contributed by atoms with Crippen LogP contribution in [0.4, 0.5) is 5.69 Å². The zero-order valence-corrected chi connectivity index (χ0v) is 14.1. The quantitative estimate of drug-likeness (QED) is 0.735. The average Bonchev–Trinajstić information content (AvgIpc) is 2.52. The molecule has 0 saturated carbocycles. The highest BCUT2D eigenvalue weighted by atomic mass is 16.5. The molecule has 124 valence electrons. The minimum absolute atomic E-state index is 0.0882. The summed E-state index contributed by atoms with van der Waals surface area (Å²) in [6.07, 6.45) is 0. The van der Waals surface area contributed by atoms with E-state index in [1.807, 2.05) is 38.1 Å². The molecule has 0 saturated heterocycles. The molecule has 1 aromatic rings. The first-order chi connectivity index (χ1) is 10.5. The molecule has 22 heavy (non-hydrogen) atoms. The third kappa shape index (κ3) is 5.66. The van der Waals surface area contributed by atoms with Crippen LogP contribution in [0.1, 0.15) is 27.7 Å². The van der Waals surface area contributed by atoms with Gasteiger partial charge in [0, 0.05) is 12.6 Å². The van der Waals surface area contributed by atoms with E-state index >= 15 is 0 Å². The van der Waals surface area contributed by atoms with E-state index in [0.29, 0.717) is 18.0 Å². The number of anilines is 1. The van der Waals surface area contributed by atoms with Crippen molar-refractivity contribution in [1.29, 1.82) is 0 Å². The van der Waals surface area contributed by atoms with Crippen LogP contribution in [0.25, 0.3) is 0 Å². The third-order valence-corrected chi connectivity index (χ3v) is 3.91. The Balaban J connectivity index is 2.64. The molecule has 0 aliphatic rings. The number of hydrogen-bond acceptors (Lipinski definition) is 4. The Bertz CT molecular complexity index is 459. The van der Waals surface area contributed by atoms with E-state index in [4.69, 9.17) is 10.5 Å². The second-order valence-electron chi connectivity index (χ2n) is 5.51. The number of hydrogen-bond donors (Lipinski definition) is 2. The van der Waals surface area contributed by atoms with Crippen molar-refractivity contribution >= 4 is 11.6 Å². The Hall–Kier alpha value is -1.59. The van der Waals surface area contributed by atoms with Gasteiger partial charge in [-0.15, -0.1) is 0 Å². The lowest BCUT2D eigenvalue weighted by Gasteiger charge is -2.20. The predicted octanol–water partition coefficient (Wildman–Crippen LogP) is 2.33. The second-order valence-corrected chi connectivity index (χ2v) is 5.51. The van der Waals surface area contributed by atoms with Gasteiger partial charge in [-0.25, -0.2) is 0 Å². The molecule has 0 aliphatic heterocycles. The fourth-order valence-electron chi connectivity index (χ4n) is 2.01. The Morgan fingerprint density at radius 1 is 1.27 bits per heavy atom. The minimum Gasteiger partial charge on any atom is -0.490 e. The number of benzene rings is 1. The molecule has 0 spiro atoms. The lowest BCUT2D eigenvalue weighted by molar-refractivity contribution is -0.119. The summed E-state index contributed by atoms with van der Waals surface area (Å²) in [6.45, 7) is 11.4. The number of ether oxygens (including phenoxy) is 1. The molecule has 3 N–H and O–H groups in total. The van der Waals surface area contributed by atoms with Gasteiger partial charge in [0.1, 0.15) is 12.4 Å². The van der Waals surface area contributed by atoms with E-state index in [2.05, 4.69) is 24.1 Å². The molecule has 1 amide bonds. The van der Waals surface area contributed by atoms with Crippen LogP contribution in [0.2, 0.25) is 0 Å². The van der Waals surface area contributed by atoms with Crippen molar-refractivity contribution in [3.8, 4) is 5.75 Å². The predicted molar refractivity (Wildman–Crippen MR) is 91.2 cm³/mol. The molecule has 0 aromatic heterocycles. The van der Waals surface area contributed by atoms with Crippen molar-refractivity contribution in [1.82, 2.24) is 4.90 Å². The number of nitrogens with one attached hydrogen (secondary N) is 1. The fourth-order valence-corrected chi connectivity index (χ4v) is 2.01. The van der Waals surface area contributed by atoms with Crippen molar-refractivity contribution in [3.63, 3.8) is 0 Å². The number of carbonyl (C=O) groups excluding carboxylic acids is 1. The highest BCUT2D eigenvalue weighted by Gasteiger charge is 2.18. The van der Waals surface area contributed by atoms with Gasteiger partial charge in [-0.05, 0) is 32.1 Å². The number of likely N-dealkylation sites (N-methyl/N-ethyl adjacent to an activating group) is 1. The molecule has 2 unspecified atom stereocenters. The third-order valence-electron chi connectivity index (χ3n) is 3.91. The highest BCUT2D eigenvalue weighted by Crippen LogP contribution is 2.24. The summed E-state index contributed by atoms with van der Waals surface area (Å²) in [4.78, 5) is 14.4. The summed E-state index contributed by atoms with van der Waals surface area (Å²) >= 11 is 0. The van der Waals surface area contributed by atoms with E-state index in [0.717, 1.165) is 19.6 Å². The van der Waals surface area contributed by atoms with E-state index < -0.39 is 0 Å². The van der Waals surface area contributed by atoms with Crippen LogP contribution in [0.3, 0.4) is 0 Å². The van der Waals surface area contributed by atoms with Gasteiger partial charge in [-0.2, -0.15) is 0 Å². The van der Waals surface area contributed by atoms with Gasteiger partial charge in [0.25, 0.3) is 0 Å². The van der Waals surface area contributed by atoms with Gasteiger partial charge < -0.3 is 20.7 Å². The number of nitrogens with zero attached hydrogens (tertiary/aromatic N) is 1. The van der Waals surface area contributed by atoms with Crippen molar-refractivity contribution in [2.45, 2.75) is 33.7 Å². The van der Waals surface area contributed by atoms with Gasteiger partial charge in [0.15, 0.2) is 0 Å². The number of amides is 1. The smallest absolute Gasteiger partial charge is 0.228 e. The molecule has 2 atom stereocenters. The maximum absolute atomic E-state index is 12.1. The summed E-state index contributed by atoms with van der Waals surface area (Å²) in [5.74, 6) is 0.360. The summed E-state index contributed by atoms with van der Waals surface area (Å²) < 4.78 is 5.82. The Morgan fingerprint density at radius 3 is 2.50 bits per heavy atom. The Morgan fingerprint density at radius 2 is 1.91 bits per heavy atom. The molecule has 0 radical (unpaired) electrons. The molecule has 5 nitrogen and oxygen atoms in total. The summed E-state index contributed by atoms with van der Waals surface area (Å²) in [7, 11) is 0. The fraction of sp³-hybridized carbons (Fsp3) is 0.588. The normalized spacial score (nSPS) is 13.7. The molecule has 0 bridgehead atoms. The molecular formula is C17H29N3O2. The SMILES string of the molecule is CCN(CC)CCOc1ccccc1NC(=O)C(C)C(C)N. The molecular weight excluding hydrogens is 278 g/mol. The maximum Gasteiger partial charge on any atom is 0.228 e. The van der Waals surface area contributed by atoms with Gasteiger partial charge in [0.2, 0.25) is 5.91 Å². The summed E-state index contributed by atoms with van der Waals surface area (Å²) in [6, 6.07) is 7.31. The maximum atomic E-state index is 12.1. The largest absolute Gasteiger partial charge is 0.490 e. The summed E-state index contributed by atoms with van der Waals surface area (Å²) in [5.41, 5.74) is 6.47. The first-order valence-electron chi connectivity index (χ1n) is 8.00. The Labute approximate surface area is 133 Å². The van der Waals surface area contributed by atoms with E-state index in [1.54, 1.807) is 0 Å². The lowest BCUT2D eigenvalue weighted by atomic mass is 10.0. The molecule has 1 aromatic carbocycles. The van der Waals surface area contributed by atoms with Crippen LogP contribution in [0.15, 0.2) is 24.3 Å². The van der Waals surface area contributed by atoms with Crippen LogP contribution >= 0.6 is 0 Å². The standard InChI is InChI=1S/C17H29N3O2/c1-5-20(6-2)11-12-22-16-10-8-7-9-15(16)19-17(21)13(3)14(4)18/h7-10,13-14H,5-6,11-12,18H2,1-4H3,(H,19,21). The van der Waals surface area contributed by atoms with Crippen LogP contribution in [0.5, 0.6) is 5.75 Å². The first-order valence-corrected chi connectivity index (χ1v) is 8.00. The Kier molecular flexibility index (Phi) is 7.91. The minimum atomic E-state index is -0.247. The van der Waals surface area contributed by atoms with Gasteiger partial charge in [-0.1, -0.05) is 32.9 Å². The van der Waals surface area contributed by atoms with E-state index in [-0.39, 0.29) is 17.9 Å². The zero-order valence-electron chi connectivity index (χ0n) is 14.1. The van der Waals surface area contributed by atoms with Crippen LogP contribution < -0.4 is 15.8 Å². The molecule has 0 aliphatic carbocycles. The van der Waals surface area contributed by atoms with Crippen molar-refractivity contribution in [2.24, 2.45) is 11.7 Å². The first kappa shape index (κ1) is 18.5. The monoisotopic (exact) mass is 307 g/mol. The molecule has 0 heterocycles. The van der Waals surface area contributed by atoms with E-state index in [9.17, 15) is 4.79 Å². The van der Waals surface area contributed by atoms with Crippen LogP contribution in [-0.2, 0) is 4.79 Å².